The van der Waals surface area contributed by atoms with Crippen LogP contribution in [0.4, 0.5) is 5.69 Å². The number of carbonyl (C=O) groups excluding carboxylic acids is 3. The van der Waals surface area contributed by atoms with Crippen LogP contribution < -0.4 is 4.90 Å². The Bertz CT molecular complexity index is 857. The van der Waals surface area contributed by atoms with E-state index in [4.69, 9.17) is 0 Å². The molecule has 1 aromatic carbocycles. The van der Waals surface area contributed by atoms with Gasteiger partial charge in [0.1, 0.15) is 0 Å². The van der Waals surface area contributed by atoms with Crippen molar-refractivity contribution in [3.05, 3.63) is 41.5 Å². The third-order valence-electron chi connectivity index (χ3n) is 6.00. The molecule has 0 bridgehead atoms. The molecule has 1 aliphatic carbocycles. The molecular formula is C24H31NO3. The summed E-state index contributed by atoms with van der Waals surface area (Å²) in [4.78, 5) is 39.7. The lowest BCUT2D eigenvalue weighted by Gasteiger charge is -2.33. The molecule has 0 aromatic heterocycles. The number of hydrogen-bond acceptors (Lipinski definition) is 3. The first-order chi connectivity index (χ1) is 12.9. The molecule has 2 aliphatic rings. The molecule has 0 spiro atoms. The number of ketones is 1. The molecule has 1 fully saturated rings. The molecule has 28 heavy (non-hydrogen) atoms. The van der Waals surface area contributed by atoms with Gasteiger partial charge in [-0.1, -0.05) is 65.3 Å². The topological polar surface area (TPSA) is 54.5 Å². The number of rotatable bonds is 3. The summed E-state index contributed by atoms with van der Waals surface area (Å²) in [6.45, 7) is 12.4. The molecule has 0 radical (unpaired) electrons. The van der Waals surface area contributed by atoms with E-state index in [1.165, 1.54) is 4.90 Å². The third-order valence-corrected chi connectivity index (χ3v) is 6.00. The minimum atomic E-state index is -0.409. The molecule has 0 unspecified atom stereocenters. The summed E-state index contributed by atoms with van der Waals surface area (Å²) in [5.41, 5.74) is 2.40. The van der Waals surface area contributed by atoms with E-state index in [1.807, 2.05) is 31.2 Å². The Morgan fingerprint density at radius 1 is 1.07 bits per heavy atom. The van der Waals surface area contributed by atoms with Gasteiger partial charge in [0.05, 0.1) is 11.6 Å². The zero-order valence-electron chi connectivity index (χ0n) is 17.8. The van der Waals surface area contributed by atoms with Crippen molar-refractivity contribution < 1.29 is 14.4 Å². The number of amides is 2. The quantitative estimate of drug-likeness (QED) is 0.706. The van der Waals surface area contributed by atoms with Crippen LogP contribution in [-0.2, 0) is 19.8 Å². The molecule has 4 heteroatoms. The lowest BCUT2D eigenvalue weighted by atomic mass is 9.71. The van der Waals surface area contributed by atoms with Gasteiger partial charge in [0.25, 0.3) is 0 Å². The lowest BCUT2D eigenvalue weighted by Crippen LogP contribution is -2.35. The van der Waals surface area contributed by atoms with Gasteiger partial charge in [-0.15, -0.1) is 0 Å². The minimum Gasteiger partial charge on any atom is -0.295 e. The van der Waals surface area contributed by atoms with Crippen LogP contribution in [0.25, 0.3) is 0 Å². The van der Waals surface area contributed by atoms with Crippen LogP contribution in [0.2, 0.25) is 0 Å². The van der Waals surface area contributed by atoms with Crippen molar-refractivity contribution in [2.75, 3.05) is 4.90 Å². The normalized spacial score (nSPS) is 23.8. The summed E-state index contributed by atoms with van der Waals surface area (Å²) < 4.78 is 0. The van der Waals surface area contributed by atoms with Crippen LogP contribution in [-0.4, -0.2) is 17.6 Å². The highest BCUT2D eigenvalue weighted by Gasteiger charge is 2.45. The number of benzene rings is 1. The Hall–Kier alpha value is -2.23. The van der Waals surface area contributed by atoms with Crippen molar-refractivity contribution in [2.24, 2.45) is 17.3 Å². The summed E-state index contributed by atoms with van der Waals surface area (Å²) >= 11 is 0. The van der Waals surface area contributed by atoms with E-state index in [9.17, 15) is 14.4 Å². The van der Waals surface area contributed by atoms with E-state index in [1.54, 1.807) is 6.08 Å². The number of para-hydroxylation sites is 1. The first-order valence-corrected chi connectivity index (χ1v) is 10.1. The molecule has 1 heterocycles. The van der Waals surface area contributed by atoms with Crippen LogP contribution in [0.5, 0.6) is 0 Å². The van der Waals surface area contributed by atoms with E-state index in [-0.39, 0.29) is 40.8 Å². The van der Waals surface area contributed by atoms with Crippen molar-refractivity contribution in [1.82, 2.24) is 0 Å². The zero-order valence-corrected chi connectivity index (χ0v) is 17.8. The molecule has 0 saturated carbocycles. The second-order valence-electron chi connectivity index (χ2n) is 10.1. The Kier molecular flexibility index (Phi) is 5.11. The fraction of sp³-hybridized carbons (Fsp3) is 0.542. The second-order valence-corrected chi connectivity index (χ2v) is 10.1. The summed E-state index contributed by atoms with van der Waals surface area (Å²) in [5.74, 6) is -0.712. The molecule has 1 aliphatic heterocycles. The van der Waals surface area contributed by atoms with Gasteiger partial charge in [-0.05, 0) is 40.9 Å². The maximum absolute atomic E-state index is 13.3. The number of nitrogens with zero attached hydrogens (tertiary/aromatic N) is 1. The molecule has 3 rings (SSSR count). The van der Waals surface area contributed by atoms with Gasteiger partial charge in [0.15, 0.2) is 5.78 Å². The van der Waals surface area contributed by atoms with Gasteiger partial charge in [-0.25, -0.2) is 4.90 Å². The number of carbonyl (C=O) groups is 3. The summed E-state index contributed by atoms with van der Waals surface area (Å²) in [6, 6.07) is 7.65. The van der Waals surface area contributed by atoms with Crippen LogP contribution in [0, 0.1) is 17.3 Å². The number of hydrogen-bond donors (Lipinski definition) is 0. The van der Waals surface area contributed by atoms with Gasteiger partial charge in [0, 0.05) is 12.8 Å². The van der Waals surface area contributed by atoms with Crippen molar-refractivity contribution in [1.29, 1.82) is 0 Å². The Balaban J connectivity index is 1.92. The van der Waals surface area contributed by atoms with Gasteiger partial charge in [0.2, 0.25) is 11.8 Å². The summed E-state index contributed by atoms with van der Waals surface area (Å²) in [6.07, 6.45) is 3.23. The first kappa shape index (κ1) is 20.5. The Morgan fingerprint density at radius 3 is 2.32 bits per heavy atom. The standard InChI is InChI=1S/C24H31NO3/c1-15(16-11-17(26)14-24(5,6)13-16)18-12-21(27)25(22(18)28)20-10-8-7-9-19(20)23(2,3)4/h7-11,15,18H,12-14H2,1-6H3/t15-,18+/m0/s1. The average Bonchev–Trinajstić information content (AvgIpc) is 2.86. The minimum absolute atomic E-state index is 0.0976. The number of anilines is 1. The zero-order chi connectivity index (χ0) is 20.9. The highest BCUT2D eigenvalue weighted by Crippen LogP contribution is 2.43. The van der Waals surface area contributed by atoms with Crippen molar-refractivity contribution >= 4 is 23.3 Å². The van der Waals surface area contributed by atoms with Crippen LogP contribution in [0.1, 0.15) is 66.4 Å². The maximum atomic E-state index is 13.3. The Morgan fingerprint density at radius 2 is 1.71 bits per heavy atom. The second kappa shape index (κ2) is 6.98. The predicted molar refractivity (Wildman–Crippen MR) is 111 cm³/mol. The SMILES string of the molecule is C[C@@H](C1=CC(=O)CC(C)(C)C1)[C@H]1CC(=O)N(c2ccccc2C(C)(C)C)C1=O. The van der Waals surface area contributed by atoms with Gasteiger partial charge < -0.3 is 0 Å². The fourth-order valence-electron chi connectivity index (χ4n) is 4.55. The molecule has 150 valence electrons. The highest BCUT2D eigenvalue weighted by molar-refractivity contribution is 6.21. The van der Waals surface area contributed by atoms with E-state index >= 15 is 0 Å². The highest BCUT2D eigenvalue weighted by atomic mass is 16.2. The summed E-state index contributed by atoms with van der Waals surface area (Å²) in [7, 11) is 0. The number of imide groups is 1. The summed E-state index contributed by atoms with van der Waals surface area (Å²) in [5, 5.41) is 0. The van der Waals surface area contributed by atoms with Crippen molar-refractivity contribution in [2.45, 2.75) is 66.2 Å². The van der Waals surface area contributed by atoms with Gasteiger partial charge in [-0.3, -0.25) is 14.4 Å². The molecule has 4 nitrogen and oxygen atoms in total. The monoisotopic (exact) mass is 381 g/mol. The average molecular weight is 382 g/mol. The molecule has 2 atom stereocenters. The molecular weight excluding hydrogens is 350 g/mol. The Labute approximate surface area is 168 Å². The van der Waals surface area contributed by atoms with Crippen LogP contribution in [0.15, 0.2) is 35.9 Å². The molecule has 0 N–H and O–H groups in total. The van der Waals surface area contributed by atoms with Gasteiger partial charge in [-0.2, -0.15) is 0 Å². The lowest BCUT2D eigenvalue weighted by molar-refractivity contribution is -0.123. The fourth-order valence-corrected chi connectivity index (χ4v) is 4.55. The van der Waals surface area contributed by atoms with Crippen LogP contribution >= 0.6 is 0 Å². The first-order valence-electron chi connectivity index (χ1n) is 10.1. The number of allylic oxidation sites excluding steroid dienone is 2. The molecule has 2 amide bonds. The molecule has 1 aromatic rings. The van der Waals surface area contributed by atoms with Gasteiger partial charge >= 0.3 is 0 Å². The van der Waals surface area contributed by atoms with E-state index in [0.29, 0.717) is 12.1 Å². The predicted octanol–water partition coefficient (Wildman–Crippen LogP) is 4.82. The third kappa shape index (κ3) is 3.82. The van der Waals surface area contributed by atoms with Crippen molar-refractivity contribution in [3.63, 3.8) is 0 Å². The van der Waals surface area contributed by atoms with Crippen molar-refractivity contribution in [3.8, 4) is 0 Å². The largest absolute Gasteiger partial charge is 0.295 e. The maximum Gasteiger partial charge on any atom is 0.237 e. The van der Waals surface area contributed by atoms with Crippen LogP contribution in [0.3, 0.4) is 0 Å². The van der Waals surface area contributed by atoms with E-state index in [0.717, 1.165) is 17.6 Å². The smallest absolute Gasteiger partial charge is 0.237 e. The van der Waals surface area contributed by atoms with E-state index in [2.05, 4.69) is 34.6 Å². The van der Waals surface area contributed by atoms with E-state index < -0.39 is 5.92 Å². The molecule has 1 saturated heterocycles.